The highest BCUT2D eigenvalue weighted by Crippen LogP contribution is 2.35. The highest BCUT2D eigenvalue weighted by molar-refractivity contribution is 5.94. The number of anilines is 2. The maximum absolute atomic E-state index is 12.8. The molecular formula is C26H29N3O. The number of aryl methyl sites for hydroxylation is 1. The van der Waals surface area contributed by atoms with Crippen LogP contribution in [0.25, 0.3) is 0 Å². The normalized spacial score (nSPS) is 13.6. The van der Waals surface area contributed by atoms with Crippen molar-refractivity contribution >= 4 is 17.3 Å². The standard InChI is InChI=1S/C26H29N3O/c1-19-7-6-9-22(17-19)26(30)27-18-25(21-11-13-23(14-12-21)28(2)3)29-16-15-20-8-4-5-10-24(20)29/h4-14,17,25H,15-16,18H2,1-3H3,(H,27,30)/t25-/m1/s1. The summed E-state index contributed by atoms with van der Waals surface area (Å²) in [6.07, 6.45) is 1.04. The zero-order valence-electron chi connectivity index (χ0n) is 17.9. The van der Waals surface area contributed by atoms with E-state index in [1.54, 1.807) is 0 Å². The number of hydrogen-bond donors (Lipinski definition) is 1. The molecule has 1 aliphatic rings. The van der Waals surface area contributed by atoms with Crippen molar-refractivity contribution < 1.29 is 4.79 Å². The van der Waals surface area contributed by atoms with Crippen LogP contribution in [0.1, 0.15) is 33.1 Å². The van der Waals surface area contributed by atoms with Gasteiger partial charge in [-0.25, -0.2) is 0 Å². The number of rotatable bonds is 6. The van der Waals surface area contributed by atoms with Crippen molar-refractivity contribution in [2.45, 2.75) is 19.4 Å². The molecule has 1 aliphatic heterocycles. The summed E-state index contributed by atoms with van der Waals surface area (Å²) in [6, 6.07) is 25.1. The summed E-state index contributed by atoms with van der Waals surface area (Å²) in [5.41, 5.74) is 6.82. The summed E-state index contributed by atoms with van der Waals surface area (Å²) in [5, 5.41) is 3.18. The number of carbonyl (C=O) groups excluding carboxylic acids is 1. The molecule has 154 valence electrons. The van der Waals surface area contributed by atoms with Crippen molar-refractivity contribution in [3.05, 3.63) is 95.1 Å². The average Bonchev–Trinajstić information content (AvgIpc) is 3.18. The molecule has 0 aromatic heterocycles. The van der Waals surface area contributed by atoms with Crippen LogP contribution in [0.2, 0.25) is 0 Å². The smallest absolute Gasteiger partial charge is 0.251 e. The molecule has 0 saturated heterocycles. The molecule has 1 atom stereocenters. The van der Waals surface area contributed by atoms with Crippen LogP contribution in [0.5, 0.6) is 0 Å². The molecule has 0 spiro atoms. The van der Waals surface area contributed by atoms with E-state index in [4.69, 9.17) is 0 Å². The highest BCUT2D eigenvalue weighted by atomic mass is 16.1. The van der Waals surface area contributed by atoms with E-state index in [0.717, 1.165) is 18.5 Å². The van der Waals surface area contributed by atoms with Crippen molar-refractivity contribution in [2.75, 3.05) is 37.0 Å². The molecule has 0 unspecified atom stereocenters. The Kier molecular flexibility index (Phi) is 5.75. The third-order valence-corrected chi connectivity index (χ3v) is 5.83. The van der Waals surface area contributed by atoms with Gasteiger partial charge in [0.15, 0.2) is 0 Å². The Labute approximate surface area is 179 Å². The van der Waals surface area contributed by atoms with E-state index in [9.17, 15) is 4.79 Å². The maximum atomic E-state index is 12.8. The third-order valence-electron chi connectivity index (χ3n) is 5.83. The van der Waals surface area contributed by atoms with Gasteiger partial charge in [-0.1, -0.05) is 48.0 Å². The van der Waals surface area contributed by atoms with Crippen LogP contribution in [-0.4, -0.2) is 33.1 Å². The predicted octanol–water partition coefficient (Wildman–Crippen LogP) is 4.59. The molecular weight excluding hydrogens is 370 g/mol. The molecule has 1 amide bonds. The molecule has 1 heterocycles. The maximum Gasteiger partial charge on any atom is 0.251 e. The minimum atomic E-state index is -0.0268. The summed E-state index contributed by atoms with van der Waals surface area (Å²) >= 11 is 0. The topological polar surface area (TPSA) is 35.6 Å². The van der Waals surface area contributed by atoms with Gasteiger partial charge in [0.1, 0.15) is 0 Å². The van der Waals surface area contributed by atoms with Gasteiger partial charge in [-0.3, -0.25) is 4.79 Å². The van der Waals surface area contributed by atoms with Crippen molar-refractivity contribution in [3.8, 4) is 0 Å². The molecule has 4 heteroatoms. The summed E-state index contributed by atoms with van der Waals surface area (Å²) in [5.74, 6) is -0.0268. The molecule has 3 aromatic carbocycles. The molecule has 0 aliphatic carbocycles. The summed E-state index contributed by atoms with van der Waals surface area (Å²) in [4.78, 5) is 17.3. The fraction of sp³-hybridized carbons (Fsp3) is 0.269. The number of nitrogens with zero attached hydrogens (tertiary/aromatic N) is 2. The summed E-state index contributed by atoms with van der Waals surface area (Å²) in [6.45, 7) is 3.52. The van der Waals surface area contributed by atoms with Crippen LogP contribution in [0.4, 0.5) is 11.4 Å². The number of nitrogens with one attached hydrogen (secondary N) is 1. The lowest BCUT2D eigenvalue weighted by atomic mass is 10.0. The minimum Gasteiger partial charge on any atom is -0.378 e. The van der Waals surface area contributed by atoms with Crippen LogP contribution in [-0.2, 0) is 6.42 Å². The van der Waals surface area contributed by atoms with Gasteiger partial charge >= 0.3 is 0 Å². The molecule has 30 heavy (non-hydrogen) atoms. The Morgan fingerprint density at radius 2 is 1.80 bits per heavy atom. The average molecular weight is 400 g/mol. The van der Waals surface area contributed by atoms with Crippen LogP contribution < -0.4 is 15.1 Å². The van der Waals surface area contributed by atoms with E-state index >= 15 is 0 Å². The van der Waals surface area contributed by atoms with Gasteiger partial charge in [0.25, 0.3) is 5.91 Å². The number of amides is 1. The first kappa shape index (κ1) is 20.0. The SMILES string of the molecule is Cc1cccc(C(=O)NC[C@H](c2ccc(N(C)C)cc2)N2CCc3ccccc32)c1. The van der Waals surface area contributed by atoms with Crippen molar-refractivity contribution in [1.82, 2.24) is 5.32 Å². The van der Waals surface area contributed by atoms with E-state index in [1.165, 1.54) is 22.5 Å². The molecule has 3 aromatic rings. The molecule has 0 saturated carbocycles. The Hall–Kier alpha value is -3.27. The quantitative estimate of drug-likeness (QED) is 0.658. The lowest BCUT2D eigenvalue weighted by Gasteiger charge is -2.31. The number of hydrogen-bond acceptors (Lipinski definition) is 3. The van der Waals surface area contributed by atoms with E-state index < -0.39 is 0 Å². The van der Waals surface area contributed by atoms with E-state index in [2.05, 4.69) is 63.6 Å². The van der Waals surface area contributed by atoms with Gasteiger partial charge in [-0.05, 0) is 54.8 Å². The van der Waals surface area contributed by atoms with E-state index in [1.807, 2.05) is 45.3 Å². The van der Waals surface area contributed by atoms with Crippen LogP contribution >= 0.6 is 0 Å². The second-order valence-electron chi connectivity index (χ2n) is 8.15. The Bertz CT molecular complexity index is 1030. The van der Waals surface area contributed by atoms with E-state index in [0.29, 0.717) is 12.1 Å². The predicted molar refractivity (Wildman–Crippen MR) is 125 cm³/mol. The first-order valence-corrected chi connectivity index (χ1v) is 10.5. The van der Waals surface area contributed by atoms with Crippen LogP contribution in [0.3, 0.4) is 0 Å². The third kappa shape index (κ3) is 4.18. The zero-order valence-corrected chi connectivity index (χ0v) is 17.9. The lowest BCUT2D eigenvalue weighted by Crippen LogP contribution is -2.37. The first-order chi connectivity index (χ1) is 14.5. The first-order valence-electron chi connectivity index (χ1n) is 10.5. The van der Waals surface area contributed by atoms with Crippen LogP contribution in [0.15, 0.2) is 72.8 Å². The number of benzene rings is 3. The second kappa shape index (κ2) is 8.62. The van der Waals surface area contributed by atoms with Crippen molar-refractivity contribution in [2.24, 2.45) is 0 Å². The fourth-order valence-electron chi connectivity index (χ4n) is 4.17. The van der Waals surface area contributed by atoms with Gasteiger partial charge < -0.3 is 15.1 Å². The Morgan fingerprint density at radius 3 is 2.53 bits per heavy atom. The second-order valence-corrected chi connectivity index (χ2v) is 8.15. The molecule has 0 radical (unpaired) electrons. The highest BCUT2D eigenvalue weighted by Gasteiger charge is 2.27. The lowest BCUT2D eigenvalue weighted by molar-refractivity contribution is 0.0951. The zero-order chi connectivity index (χ0) is 21.1. The molecule has 1 N–H and O–H groups in total. The fourth-order valence-corrected chi connectivity index (χ4v) is 4.17. The van der Waals surface area contributed by atoms with Crippen molar-refractivity contribution in [3.63, 3.8) is 0 Å². The largest absolute Gasteiger partial charge is 0.378 e. The van der Waals surface area contributed by atoms with Crippen LogP contribution in [0, 0.1) is 6.92 Å². The van der Waals surface area contributed by atoms with Crippen molar-refractivity contribution in [1.29, 1.82) is 0 Å². The number of para-hydroxylation sites is 1. The summed E-state index contributed by atoms with van der Waals surface area (Å²) in [7, 11) is 4.09. The number of fused-ring (bicyclic) bond motifs is 1. The van der Waals surface area contributed by atoms with Gasteiger partial charge in [-0.2, -0.15) is 0 Å². The van der Waals surface area contributed by atoms with Gasteiger partial charge in [-0.15, -0.1) is 0 Å². The minimum absolute atomic E-state index is 0.0268. The molecule has 4 rings (SSSR count). The molecule has 0 bridgehead atoms. The Balaban J connectivity index is 1.60. The molecule has 4 nitrogen and oxygen atoms in total. The van der Waals surface area contributed by atoms with E-state index in [-0.39, 0.29) is 11.9 Å². The Morgan fingerprint density at radius 1 is 1.03 bits per heavy atom. The van der Waals surface area contributed by atoms with Gasteiger partial charge in [0.05, 0.1) is 6.04 Å². The monoisotopic (exact) mass is 399 g/mol. The van der Waals surface area contributed by atoms with Gasteiger partial charge in [0.2, 0.25) is 0 Å². The number of carbonyl (C=O) groups is 1. The molecule has 0 fully saturated rings. The van der Waals surface area contributed by atoms with Gasteiger partial charge in [0, 0.05) is 44.1 Å². The summed E-state index contributed by atoms with van der Waals surface area (Å²) < 4.78 is 0.